The molecule has 0 saturated carbocycles. The maximum Gasteiger partial charge on any atom is 0.252 e. The maximum atomic E-state index is 12.0. The third kappa shape index (κ3) is 4.41. The number of halogens is 1. The van der Waals surface area contributed by atoms with E-state index in [1.807, 2.05) is 6.07 Å². The molecule has 1 aliphatic heterocycles. The third-order valence-corrected chi connectivity index (χ3v) is 4.20. The number of nitrogens with zero attached hydrogens (tertiary/aromatic N) is 4. The van der Waals surface area contributed by atoms with Crippen LogP contribution in [0.15, 0.2) is 35.3 Å². The minimum Gasteiger partial charge on any atom is -0.368 e. The summed E-state index contributed by atoms with van der Waals surface area (Å²) in [4.78, 5) is 26.8. The Bertz CT molecular complexity index is 704. The van der Waals surface area contributed by atoms with Crippen LogP contribution in [0.2, 0.25) is 0 Å². The van der Waals surface area contributed by atoms with Gasteiger partial charge in [0.1, 0.15) is 18.0 Å². The van der Waals surface area contributed by atoms with Crippen molar-refractivity contribution in [3.63, 3.8) is 0 Å². The number of pyridine rings is 1. The van der Waals surface area contributed by atoms with Gasteiger partial charge in [0, 0.05) is 49.1 Å². The summed E-state index contributed by atoms with van der Waals surface area (Å²) in [5.74, 6) is 1.57. The molecular formula is C16H19BrN6O. The highest BCUT2D eigenvalue weighted by Crippen LogP contribution is 2.19. The van der Waals surface area contributed by atoms with Crippen LogP contribution in [0.5, 0.6) is 0 Å². The maximum absolute atomic E-state index is 12.0. The predicted octanol–water partition coefficient (Wildman–Crippen LogP) is 2.08. The van der Waals surface area contributed by atoms with E-state index in [-0.39, 0.29) is 5.91 Å². The molecule has 1 saturated heterocycles. The van der Waals surface area contributed by atoms with Gasteiger partial charge in [-0.3, -0.25) is 9.78 Å². The normalized spacial score (nSPS) is 13.8. The fourth-order valence-corrected chi connectivity index (χ4v) is 2.93. The first-order chi connectivity index (χ1) is 11.7. The molecule has 0 aromatic carbocycles. The Hall–Kier alpha value is -2.22. The molecule has 2 aromatic heterocycles. The Morgan fingerprint density at radius 2 is 2.00 bits per heavy atom. The average molecular weight is 391 g/mol. The second-order valence-electron chi connectivity index (χ2n) is 5.53. The van der Waals surface area contributed by atoms with Gasteiger partial charge in [-0.1, -0.05) is 0 Å². The summed E-state index contributed by atoms with van der Waals surface area (Å²) in [7, 11) is 0. The minimum atomic E-state index is -0.147. The highest BCUT2D eigenvalue weighted by Gasteiger charge is 2.13. The highest BCUT2D eigenvalue weighted by atomic mass is 79.9. The summed E-state index contributed by atoms with van der Waals surface area (Å²) in [5.41, 5.74) is 0.530. The van der Waals surface area contributed by atoms with Crippen molar-refractivity contribution in [3.8, 4) is 0 Å². The monoisotopic (exact) mass is 390 g/mol. The van der Waals surface area contributed by atoms with Crippen molar-refractivity contribution in [1.82, 2.24) is 20.3 Å². The summed E-state index contributed by atoms with van der Waals surface area (Å²) in [6.07, 6.45) is 7.18. The molecule has 126 valence electrons. The zero-order valence-electron chi connectivity index (χ0n) is 13.2. The molecule has 0 unspecified atom stereocenters. The van der Waals surface area contributed by atoms with Gasteiger partial charge in [0.25, 0.3) is 5.91 Å². The molecule has 0 atom stereocenters. The highest BCUT2D eigenvalue weighted by molar-refractivity contribution is 9.10. The van der Waals surface area contributed by atoms with Crippen LogP contribution in [0, 0.1) is 0 Å². The van der Waals surface area contributed by atoms with Crippen molar-refractivity contribution in [2.75, 3.05) is 36.4 Å². The average Bonchev–Trinajstić information content (AvgIpc) is 3.13. The Morgan fingerprint density at radius 1 is 1.17 bits per heavy atom. The second kappa shape index (κ2) is 8.05. The van der Waals surface area contributed by atoms with Gasteiger partial charge in [0.2, 0.25) is 0 Å². The molecule has 3 heterocycles. The molecule has 1 fully saturated rings. The number of hydrogen-bond acceptors (Lipinski definition) is 6. The van der Waals surface area contributed by atoms with Crippen molar-refractivity contribution >= 4 is 33.5 Å². The molecule has 0 spiro atoms. The molecule has 0 radical (unpaired) electrons. The number of amides is 1. The molecule has 1 aliphatic rings. The van der Waals surface area contributed by atoms with Crippen molar-refractivity contribution in [2.45, 2.75) is 12.8 Å². The number of carbonyl (C=O) groups is 1. The van der Waals surface area contributed by atoms with E-state index in [0.717, 1.165) is 29.2 Å². The fraction of sp³-hybridized carbons (Fsp3) is 0.375. The van der Waals surface area contributed by atoms with Crippen LogP contribution in [-0.4, -0.2) is 47.0 Å². The standard InChI is InChI=1S/C16H19BrN6O/c17-13-7-12(9-18-10-13)16(24)20-4-3-19-14-8-15(22-11-21-14)23-5-1-2-6-23/h7-11H,1-6H2,(H,20,24)(H,19,21,22). The van der Waals surface area contributed by atoms with Crippen LogP contribution in [-0.2, 0) is 0 Å². The molecule has 1 amide bonds. The van der Waals surface area contributed by atoms with E-state index in [1.54, 1.807) is 24.8 Å². The van der Waals surface area contributed by atoms with Gasteiger partial charge in [-0.25, -0.2) is 9.97 Å². The van der Waals surface area contributed by atoms with E-state index in [0.29, 0.717) is 18.7 Å². The Kier molecular flexibility index (Phi) is 5.58. The third-order valence-electron chi connectivity index (χ3n) is 3.77. The van der Waals surface area contributed by atoms with Crippen LogP contribution in [0.1, 0.15) is 23.2 Å². The zero-order valence-corrected chi connectivity index (χ0v) is 14.8. The van der Waals surface area contributed by atoms with E-state index < -0.39 is 0 Å². The quantitative estimate of drug-likeness (QED) is 0.734. The Morgan fingerprint density at radius 3 is 2.79 bits per heavy atom. The molecule has 0 bridgehead atoms. The SMILES string of the molecule is O=C(NCCNc1cc(N2CCCC2)ncn1)c1cncc(Br)c1. The van der Waals surface area contributed by atoms with Crippen molar-refractivity contribution in [3.05, 3.63) is 40.9 Å². The van der Waals surface area contributed by atoms with Gasteiger partial charge < -0.3 is 15.5 Å². The van der Waals surface area contributed by atoms with E-state index >= 15 is 0 Å². The summed E-state index contributed by atoms with van der Waals surface area (Å²) in [5, 5.41) is 6.06. The number of carbonyl (C=O) groups excluding carboxylic acids is 1. The summed E-state index contributed by atoms with van der Waals surface area (Å²) < 4.78 is 0.781. The lowest BCUT2D eigenvalue weighted by Crippen LogP contribution is -2.29. The molecule has 2 aromatic rings. The van der Waals surface area contributed by atoms with E-state index in [1.165, 1.54) is 12.8 Å². The predicted molar refractivity (Wildman–Crippen MR) is 96.2 cm³/mol. The Balaban J connectivity index is 1.46. The topological polar surface area (TPSA) is 83.0 Å². The van der Waals surface area contributed by atoms with Crippen LogP contribution in [0.25, 0.3) is 0 Å². The fourth-order valence-electron chi connectivity index (χ4n) is 2.57. The first-order valence-corrected chi connectivity index (χ1v) is 8.71. The first-order valence-electron chi connectivity index (χ1n) is 7.92. The second-order valence-corrected chi connectivity index (χ2v) is 6.45. The smallest absolute Gasteiger partial charge is 0.252 e. The zero-order chi connectivity index (χ0) is 16.8. The molecule has 24 heavy (non-hydrogen) atoms. The van der Waals surface area contributed by atoms with Gasteiger partial charge in [-0.2, -0.15) is 0 Å². The summed E-state index contributed by atoms with van der Waals surface area (Å²) >= 11 is 3.30. The van der Waals surface area contributed by atoms with Crippen molar-refractivity contribution in [1.29, 1.82) is 0 Å². The van der Waals surface area contributed by atoms with E-state index in [9.17, 15) is 4.79 Å². The van der Waals surface area contributed by atoms with Crippen molar-refractivity contribution in [2.24, 2.45) is 0 Å². The number of rotatable bonds is 6. The first kappa shape index (κ1) is 16.6. The summed E-state index contributed by atoms with van der Waals surface area (Å²) in [6.45, 7) is 3.18. The lowest BCUT2D eigenvalue weighted by Gasteiger charge is -2.16. The molecule has 3 rings (SSSR count). The van der Waals surface area contributed by atoms with Gasteiger partial charge in [-0.05, 0) is 34.8 Å². The van der Waals surface area contributed by atoms with Gasteiger partial charge >= 0.3 is 0 Å². The molecule has 7 nitrogen and oxygen atoms in total. The van der Waals surface area contributed by atoms with Crippen molar-refractivity contribution < 1.29 is 4.79 Å². The van der Waals surface area contributed by atoms with Gasteiger partial charge in [0.15, 0.2) is 0 Å². The van der Waals surface area contributed by atoms with Crippen LogP contribution >= 0.6 is 15.9 Å². The minimum absolute atomic E-state index is 0.147. The van der Waals surface area contributed by atoms with Gasteiger partial charge in [0.05, 0.1) is 5.56 Å². The molecular weight excluding hydrogens is 372 g/mol. The number of anilines is 2. The van der Waals surface area contributed by atoms with E-state index in [4.69, 9.17) is 0 Å². The number of hydrogen-bond donors (Lipinski definition) is 2. The van der Waals surface area contributed by atoms with Gasteiger partial charge in [-0.15, -0.1) is 0 Å². The molecule has 8 heteroatoms. The molecule has 2 N–H and O–H groups in total. The summed E-state index contributed by atoms with van der Waals surface area (Å²) in [6, 6.07) is 3.69. The largest absolute Gasteiger partial charge is 0.368 e. The number of aromatic nitrogens is 3. The van der Waals surface area contributed by atoms with Crippen LogP contribution in [0.4, 0.5) is 11.6 Å². The number of nitrogens with one attached hydrogen (secondary N) is 2. The van der Waals surface area contributed by atoms with Crippen LogP contribution in [0.3, 0.4) is 0 Å². The lowest BCUT2D eigenvalue weighted by molar-refractivity contribution is 0.0954. The lowest BCUT2D eigenvalue weighted by atomic mass is 10.3. The van der Waals surface area contributed by atoms with E-state index in [2.05, 4.69) is 46.4 Å². The Labute approximate surface area is 149 Å². The van der Waals surface area contributed by atoms with Crippen LogP contribution < -0.4 is 15.5 Å². The molecule has 0 aliphatic carbocycles.